The SMILES string of the molecule is CCc1ccc(CC(=O)Nc2ccc(C(N)=O)cc2)cc1. The average Bonchev–Trinajstić information content (AvgIpc) is 2.48. The Balaban J connectivity index is 1.95. The summed E-state index contributed by atoms with van der Waals surface area (Å²) in [7, 11) is 0. The Morgan fingerprint density at radius 2 is 1.52 bits per heavy atom. The molecule has 0 aromatic heterocycles. The third-order valence-corrected chi connectivity index (χ3v) is 3.25. The van der Waals surface area contributed by atoms with Crippen molar-refractivity contribution in [2.45, 2.75) is 19.8 Å². The predicted octanol–water partition coefficient (Wildman–Crippen LogP) is 2.53. The molecule has 0 saturated heterocycles. The first-order valence-electron chi connectivity index (χ1n) is 6.86. The number of carbonyl (C=O) groups is 2. The van der Waals surface area contributed by atoms with Gasteiger partial charge in [0.05, 0.1) is 6.42 Å². The molecular weight excluding hydrogens is 264 g/mol. The van der Waals surface area contributed by atoms with E-state index < -0.39 is 5.91 Å². The Bertz CT molecular complexity index is 631. The molecule has 0 saturated carbocycles. The van der Waals surface area contributed by atoms with Crippen molar-refractivity contribution in [2.75, 3.05) is 5.32 Å². The molecule has 21 heavy (non-hydrogen) atoms. The van der Waals surface area contributed by atoms with E-state index in [1.165, 1.54) is 5.56 Å². The summed E-state index contributed by atoms with van der Waals surface area (Å²) in [6, 6.07) is 14.5. The van der Waals surface area contributed by atoms with Gasteiger partial charge in [-0.2, -0.15) is 0 Å². The maximum Gasteiger partial charge on any atom is 0.248 e. The summed E-state index contributed by atoms with van der Waals surface area (Å²) in [4.78, 5) is 22.9. The minimum atomic E-state index is -0.483. The lowest BCUT2D eigenvalue weighted by atomic mass is 10.1. The molecule has 0 aliphatic carbocycles. The second kappa shape index (κ2) is 6.70. The van der Waals surface area contributed by atoms with Crippen molar-refractivity contribution in [3.63, 3.8) is 0 Å². The largest absolute Gasteiger partial charge is 0.366 e. The topological polar surface area (TPSA) is 72.2 Å². The number of anilines is 1. The number of rotatable bonds is 5. The minimum Gasteiger partial charge on any atom is -0.366 e. The van der Waals surface area contributed by atoms with E-state index in [0.717, 1.165) is 12.0 Å². The normalized spacial score (nSPS) is 10.1. The highest BCUT2D eigenvalue weighted by Gasteiger charge is 2.05. The molecular formula is C17H18N2O2. The van der Waals surface area contributed by atoms with Crippen LogP contribution in [0.3, 0.4) is 0 Å². The summed E-state index contributed by atoms with van der Waals surface area (Å²) in [6.07, 6.45) is 1.31. The van der Waals surface area contributed by atoms with Gasteiger partial charge >= 0.3 is 0 Å². The number of benzene rings is 2. The number of hydrogen-bond acceptors (Lipinski definition) is 2. The molecule has 0 bridgehead atoms. The summed E-state index contributed by atoms with van der Waals surface area (Å²) in [6.45, 7) is 2.09. The van der Waals surface area contributed by atoms with Crippen molar-refractivity contribution in [1.82, 2.24) is 0 Å². The third-order valence-electron chi connectivity index (χ3n) is 3.25. The van der Waals surface area contributed by atoms with E-state index in [2.05, 4.69) is 12.2 Å². The van der Waals surface area contributed by atoms with Crippen molar-refractivity contribution in [2.24, 2.45) is 5.73 Å². The molecule has 0 fully saturated rings. The van der Waals surface area contributed by atoms with Gasteiger partial charge in [0.2, 0.25) is 11.8 Å². The molecule has 2 rings (SSSR count). The van der Waals surface area contributed by atoms with Gasteiger partial charge in [-0.1, -0.05) is 31.2 Å². The molecule has 0 aliphatic rings. The van der Waals surface area contributed by atoms with E-state index in [0.29, 0.717) is 17.7 Å². The van der Waals surface area contributed by atoms with Crippen LogP contribution in [0, 0.1) is 0 Å². The van der Waals surface area contributed by atoms with Crippen molar-refractivity contribution < 1.29 is 9.59 Å². The number of primary amides is 1. The van der Waals surface area contributed by atoms with Crippen LogP contribution in [0.4, 0.5) is 5.69 Å². The molecule has 0 unspecified atom stereocenters. The molecule has 108 valence electrons. The van der Waals surface area contributed by atoms with Gasteiger partial charge in [0, 0.05) is 11.3 Å². The van der Waals surface area contributed by atoms with Crippen molar-refractivity contribution in [3.05, 3.63) is 65.2 Å². The van der Waals surface area contributed by atoms with Gasteiger partial charge in [-0.05, 0) is 41.8 Å². The zero-order chi connectivity index (χ0) is 15.2. The van der Waals surface area contributed by atoms with Crippen LogP contribution in [0.25, 0.3) is 0 Å². The number of hydrogen-bond donors (Lipinski definition) is 2. The van der Waals surface area contributed by atoms with Crippen LogP contribution in [0.15, 0.2) is 48.5 Å². The molecule has 2 amide bonds. The lowest BCUT2D eigenvalue weighted by molar-refractivity contribution is -0.115. The molecule has 3 N–H and O–H groups in total. The maximum absolute atomic E-state index is 12.0. The van der Waals surface area contributed by atoms with Gasteiger partial charge in [0.25, 0.3) is 0 Å². The number of amides is 2. The van der Waals surface area contributed by atoms with Crippen molar-refractivity contribution in [1.29, 1.82) is 0 Å². The minimum absolute atomic E-state index is 0.0916. The predicted molar refractivity (Wildman–Crippen MR) is 83.1 cm³/mol. The fraction of sp³-hybridized carbons (Fsp3) is 0.176. The van der Waals surface area contributed by atoms with Crippen LogP contribution in [0.2, 0.25) is 0 Å². The van der Waals surface area contributed by atoms with Crippen LogP contribution in [-0.4, -0.2) is 11.8 Å². The quantitative estimate of drug-likeness (QED) is 0.884. The first-order valence-corrected chi connectivity index (χ1v) is 6.86. The van der Waals surface area contributed by atoms with Gasteiger partial charge in [0.1, 0.15) is 0 Å². The van der Waals surface area contributed by atoms with E-state index in [4.69, 9.17) is 5.73 Å². The Morgan fingerprint density at radius 1 is 0.952 bits per heavy atom. The average molecular weight is 282 g/mol. The van der Waals surface area contributed by atoms with Gasteiger partial charge in [-0.25, -0.2) is 0 Å². The van der Waals surface area contributed by atoms with Crippen molar-refractivity contribution in [3.8, 4) is 0 Å². The summed E-state index contributed by atoms with van der Waals surface area (Å²) < 4.78 is 0. The number of aryl methyl sites for hydroxylation is 1. The van der Waals surface area contributed by atoms with Gasteiger partial charge in [0.15, 0.2) is 0 Å². The maximum atomic E-state index is 12.0. The summed E-state index contributed by atoms with van der Waals surface area (Å²) in [5, 5.41) is 2.79. The van der Waals surface area contributed by atoms with Crippen LogP contribution >= 0.6 is 0 Å². The van der Waals surface area contributed by atoms with Crippen LogP contribution in [-0.2, 0) is 17.6 Å². The van der Waals surface area contributed by atoms with E-state index in [1.807, 2.05) is 24.3 Å². The molecule has 0 spiro atoms. The fourth-order valence-corrected chi connectivity index (χ4v) is 2.00. The van der Waals surface area contributed by atoms with Gasteiger partial charge in [-0.15, -0.1) is 0 Å². The molecule has 4 nitrogen and oxygen atoms in total. The lowest BCUT2D eigenvalue weighted by Gasteiger charge is -2.06. The second-order valence-corrected chi connectivity index (χ2v) is 4.84. The molecule has 0 heterocycles. The highest BCUT2D eigenvalue weighted by atomic mass is 16.1. The van der Waals surface area contributed by atoms with E-state index >= 15 is 0 Å². The van der Waals surface area contributed by atoms with E-state index in [-0.39, 0.29) is 5.91 Å². The smallest absolute Gasteiger partial charge is 0.248 e. The lowest BCUT2D eigenvalue weighted by Crippen LogP contribution is -2.15. The van der Waals surface area contributed by atoms with Crippen LogP contribution in [0.5, 0.6) is 0 Å². The first kappa shape index (κ1) is 14.8. The Kier molecular flexibility index (Phi) is 4.72. The molecule has 0 aliphatic heterocycles. The Morgan fingerprint density at radius 3 is 2.05 bits per heavy atom. The summed E-state index contributed by atoms with van der Waals surface area (Å²) in [5.74, 6) is -0.574. The highest BCUT2D eigenvalue weighted by Crippen LogP contribution is 2.11. The third kappa shape index (κ3) is 4.18. The molecule has 0 atom stereocenters. The number of nitrogens with two attached hydrogens (primary N) is 1. The van der Waals surface area contributed by atoms with E-state index in [1.54, 1.807) is 24.3 Å². The standard InChI is InChI=1S/C17H18N2O2/c1-2-12-3-5-13(6-4-12)11-16(20)19-15-9-7-14(8-10-15)17(18)21/h3-10H,2,11H2,1H3,(H2,18,21)(H,19,20). The molecule has 4 heteroatoms. The summed E-state index contributed by atoms with van der Waals surface area (Å²) in [5.41, 5.74) is 8.45. The Hall–Kier alpha value is -2.62. The Labute approximate surface area is 124 Å². The van der Waals surface area contributed by atoms with Gasteiger partial charge in [-0.3, -0.25) is 9.59 Å². The zero-order valence-electron chi connectivity index (χ0n) is 11.9. The monoisotopic (exact) mass is 282 g/mol. The first-order chi connectivity index (χ1) is 10.1. The molecule has 2 aromatic rings. The van der Waals surface area contributed by atoms with Crippen LogP contribution < -0.4 is 11.1 Å². The highest BCUT2D eigenvalue weighted by molar-refractivity contribution is 5.95. The number of nitrogens with one attached hydrogen (secondary N) is 1. The van der Waals surface area contributed by atoms with E-state index in [9.17, 15) is 9.59 Å². The fourth-order valence-electron chi connectivity index (χ4n) is 2.00. The molecule has 2 aromatic carbocycles. The molecule has 0 radical (unpaired) electrons. The van der Waals surface area contributed by atoms with Crippen LogP contribution in [0.1, 0.15) is 28.4 Å². The summed E-state index contributed by atoms with van der Waals surface area (Å²) >= 11 is 0. The van der Waals surface area contributed by atoms with Crippen molar-refractivity contribution >= 4 is 17.5 Å². The zero-order valence-corrected chi connectivity index (χ0v) is 11.9. The second-order valence-electron chi connectivity index (χ2n) is 4.84. The number of carbonyl (C=O) groups excluding carboxylic acids is 2. The van der Waals surface area contributed by atoms with Gasteiger partial charge < -0.3 is 11.1 Å².